The molecule has 0 spiro atoms. The molecule has 0 bridgehead atoms. The number of ether oxygens (including phenoxy) is 1. The lowest BCUT2D eigenvalue weighted by atomic mass is 10.0. The summed E-state index contributed by atoms with van der Waals surface area (Å²) in [6.07, 6.45) is 0. The largest absolute Gasteiger partial charge is 0.379 e. The van der Waals surface area contributed by atoms with Gasteiger partial charge in [0.05, 0.1) is 13.2 Å². The first-order valence-corrected chi connectivity index (χ1v) is 5.93. The smallest absolute Gasteiger partial charge is 0.0594 e. The lowest BCUT2D eigenvalue weighted by Crippen LogP contribution is -2.42. The van der Waals surface area contributed by atoms with Gasteiger partial charge in [-0.25, -0.2) is 0 Å². The fourth-order valence-corrected chi connectivity index (χ4v) is 2.22. The van der Waals surface area contributed by atoms with E-state index in [4.69, 9.17) is 4.74 Å². The number of likely N-dealkylation sites (N-methyl/N-ethyl adjacent to an activating group) is 1. The molecule has 1 aliphatic heterocycles. The van der Waals surface area contributed by atoms with Crippen LogP contribution in [0.15, 0.2) is 30.3 Å². The highest BCUT2D eigenvalue weighted by Crippen LogP contribution is 2.20. The molecule has 1 fully saturated rings. The van der Waals surface area contributed by atoms with Crippen molar-refractivity contribution in [3.8, 4) is 0 Å². The van der Waals surface area contributed by atoms with Crippen LogP contribution in [0.4, 0.5) is 0 Å². The number of nitrogens with zero attached hydrogens (tertiary/aromatic N) is 1. The highest BCUT2D eigenvalue weighted by Gasteiger charge is 2.21. The molecule has 1 atom stereocenters. The van der Waals surface area contributed by atoms with Gasteiger partial charge in [0.1, 0.15) is 0 Å². The molecule has 1 aromatic rings. The molecule has 1 N–H and O–H groups in total. The van der Waals surface area contributed by atoms with E-state index in [1.807, 2.05) is 7.05 Å². The summed E-state index contributed by atoms with van der Waals surface area (Å²) in [6, 6.07) is 11.2. The van der Waals surface area contributed by atoms with Crippen LogP contribution in [-0.2, 0) is 4.74 Å². The van der Waals surface area contributed by atoms with Gasteiger partial charge in [-0.2, -0.15) is 0 Å². The Morgan fingerprint density at radius 2 is 1.94 bits per heavy atom. The van der Waals surface area contributed by atoms with Gasteiger partial charge in [0.25, 0.3) is 0 Å². The predicted octanol–water partition coefficient (Wildman–Crippen LogP) is 1.28. The van der Waals surface area contributed by atoms with Crippen molar-refractivity contribution < 1.29 is 4.74 Å². The highest BCUT2D eigenvalue weighted by molar-refractivity contribution is 5.19. The summed E-state index contributed by atoms with van der Waals surface area (Å²) in [5.74, 6) is 0. The average molecular weight is 220 g/mol. The van der Waals surface area contributed by atoms with Gasteiger partial charge in [0, 0.05) is 25.7 Å². The first-order chi connectivity index (χ1) is 7.92. The zero-order chi connectivity index (χ0) is 11.2. The van der Waals surface area contributed by atoms with E-state index in [9.17, 15) is 0 Å². The van der Waals surface area contributed by atoms with Gasteiger partial charge in [-0.1, -0.05) is 30.3 Å². The minimum atomic E-state index is 0.468. The van der Waals surface area contributed by atoms with Crippen LogP contribution in [0, 0.1) is 0 Å². The van der Waals surface area contributed by atoms with Crippen LogP contribution in [0.2, 0.25) is 0 Å². The quantitative estimate of drug-likeness (QED) is 0.827. The van der Waals surface area contributed by atoms with Crippen LogP contribution in [0.3, 0.4) is 0 Å². The minimum Gasteiger partial charge on any atom is -0.379 e. The van der Waals surface area contributed by atoms with Crippen LogP contribution < -0.4 is 5.32 Å². The van der Waals surface area contributed by atoms with Gasteiger partial charge in [-0.3, -0.25) is 4.90 Å². The van der Waals surface area contributed by atoms with Gasteiger partial charge in [0.15, 0.2) is 0 Å². The van der Waals surface area contributed by atoms with E-state index in [0.717, 1.165) is 32.8 Å². The fourth-order valence-electron chi connectivity index (χ4n) is 2.22. The van der Waals surface area contributed by atoms with Gasteiger partial charge in [-0.05, 0) is 12.6 Å². The standard InChI is InChI=1S/C13H20N2O/c1-14-11-13(12-5-3-2-4-6-12)15-7-9-16-10-8-15/h2-6,13-14H,7-11H2,1H3. The van der Waals surface area contributed by atoms with Gasteiger partial charge in [0.2, 0.25) is 0 Å². The second-order valence-corrected chi connectivity index (χ2v) is 4.13. The van der Waals surface area contributed by atoms with Crippen molar-refractivity contribution in [3.63, 3.8) is 0 Å². The molecule has 16 heavy (non-hydrogen) atoms. The molecule has 0 aromatic heterocycles. The monoisotopic (exact) mass is 220 g/mol. The predicted molar refractivity (Wildman–Crippen MR) is 65.5 cm³/mol. The molecule has 0 saturated carbocycles. The molecule has 1 aromatic carbocycles. The maximum Gasteiger partial charge on any atom is 0.0594 e. The van der Waals surface area contributed by atoms with Crippen LogP contribution in [0.25, 0.3) is 0 Å². The molecule has 3 nitrogen and oxygen atoms in total. The molecule has 2 rings (SSSR count). The third-order valence-electron chi connectivity index (χ3n) is 3.07. The number of benzene rings is 1. The van der Waals surface area contributed by atoms with Gasteiger partial charge in [-0.15, -0.1) is 0 Å². The summed E-state index contributed by atoms with van der Waals surface area (Å²) in [5, 5.41) is 3.28. The van der Waals surface area contributed by atoms with Gasteiger partial charge >= 0.3 is 0 Å². The number of morpholine rings is 1. The van der Waals surface area contributed by atoms with Crippen molar-refractivity contribution in [2.45, 2.75) is 6.04 Å². The number of nitrogens with one attached hydrogen (secondary N) is 1. The summed E-state index contributed by atoms with van der Waals surface area (Å²) < 4.78 is 5.40. The van der Waals surface area contributed by atoms with E-state index in [1.165, 1.54) is 5.56 Å². The topological polar surface area (TPSA) is 24.5 Å². The summed E-state index contributed by atoms with van der Waals surface area (Å²) >= 11 is 0. The molecule has 0 amide bonds. The Labute approximate surface area is 97.4 Å². The third-order valence-corrected chi connectivity index (χ3v) is 3.07. The van der Waals surface area contributed by atoms with Crippen molar-refractivity contribution in [2.24, 2.45) is 0 Å². The lowest BCUT2D eigenvalue weighted by molar-refractivity contribution is 0.0165. The molecule has 0 aliphatic carbocycles. The Morgan fingerprint density at radius 1 is 1.25 bits per heavy atom. The van der Waals surface area contributed by atoms with Crippen molar-refractivity contribution in [1.29, 1.82) is 0 Å². The Hall–Kier alpha value is -0.900. The van der Waals surface area contributed by atoms with Crippen molar-refractivity contribution >= 4 is 0 Å². The number of hydrogen-bond donors (Lipinski definition) is 1. The Balaban J connectivity index is 2.09. The molecule has 1 heterocycles. The second-order valence-electron chi connectivity index (χ2n) is 4.13. The second kappa shape index (κ2) is 5.99. The summed E-state index contributed by atoms with van der Waals surface area (Å²) in [6.45, 7) is 4.76. The molecule has 1 unspecified atom stereocenters. The fraction of sp³-hybridized carbons (Fsp3) is 0.538. The zero-order valence-corrected chi connectivity index (χ0v) is 9.86. The van der Waals surface area contributed by atoms with E-state index in [-0.39, 0.29) is 0 Å². The number of rotatable bonds is 4. The highest BCUT2D eigenvalue weighted by atomic mass is 16.5. The van der Waals surface area contributed by atoms with E-state index >= 15 is 0 Å². The van der Waals surface area contributed by atoms with Crippen molar-refractivity contribution in [1.82, 2.24) is 10.2 Å². The van der Waals surface area contributed by atoms with Crippen LogP contribution in [0.1, 0.15) is 11.6 Å². The number of hydrogen-bond acceptors (Lipinski definition) is 3. The van der Waals surface area contributed by atoms with Crippen molar-refractivity contribution in [2.75, 3.05) is 39.9 Å². The SMILES string of the molecule is CNCC(c1ccccc1)N1CCOCC1. The first-order valence-electron chi connectivity index (χ1n) is 5.93. The maximum atomic E-state index is 5.40. The molecule has 0 radical (unpaired) electrons. The Kier molecular flexibility index (Phi) is 4.34. The average Bonchev–Trinajstić information content (AvgIpc) is 2.38. The minimum absolute atomic E-state index is 0.468. The Morgan fingerprint density at radius 3 is 2.56 bits per heavy atom. The van der Waals surface area contributed by atoms with Crippen LogP contribution >= 0.6 is 0 Å². The Bertz CT molecular complexity index is 296. The normalized spacial score (nSPS) is 19.6. The molecular formula is C13H20N2O. The summed E-state index contributed by atoms with van der Waals surface area (Å²) in [5.41, 5.74) is 1.39. The summed E-state index contributed by atoms with van der Waals surface area (Å²) in [7, 11) is 2.01. The lowest BCUT2D eigenvalue weighted by Gasteiger charge is -2.34. The van der Waals surface area contributed by atoms with E-state index in [1.54, 1.807) is 0 Å². The molecule has 3 heteroatoms. The van der Waals surface area contributed by atoms with E-state index in [2.05, 4.69) is 40.5 Å². The van der Waals surface area contributed by atoms with Crippen LogP contribution in [0.5, 0.6) is 0 Å². The molecule has 1 aliphatic rings. The first kappa shape index (κ1) is 11.6. The maximum absolute atomic E-state index is 5.40. The third kappa shape index (κ3) is 2.82. The summed E-state index contributed by atoms with van der Waals surface area (Å²) in [4.78, 5) is 2.50. The zero-order valence-electron chi connectivity index (χ0n) is 9.86. The van der Waals surface area contributed by atoms with Crippen molar-refractivity contribution in [3.05, 3.63) is 35.9 Å². The molecular weight excluding hydrogens is 200 g/mol. The van der Waals surface area contributed by atoms with E-state index < -0.39 is 0 Å². The van der Waals surface area contributed by atoms with E-state index in [0.29, 0.717) is 6.04 Å². The van der Waals surface area contributed by atoms with Gasteiger partial charge < -0.3 is 10.1 Å². The van der Waals surface area contributed by atoms with Crippen LogP contribution in [-0.4, -0.2) is 44.8 Å². The molecule has 1 saturated heterocycles. The molecule has 88 valence electrons.